The number of nitrogens with zero attached hydrogens (tertiary/aromatic N) is 1. The molecule has 0 aliphatic carbocycles. The molecule has 20 heavy (non-hydrogen) atoms. The molecule has 1 N–H and O–H groups in total. The summed E-state index contributed by atoms with van der Waals surface area (Å²) in [6.07, 6.45) is 0. The van der Waals surface area contributed by atoms with Crippen LogP contribution in [-0.4, -0.2) is 10.9 Å². The average molecular weight is 282 g/mol. The summed E-state index contributed by atoms with van der Waals surface area (Å²) in [6.45, 7) is 3.97. The molecule has 1 aromatic heterocycles. The number of carbonyl (C=O) groups excluding carboxylic acids is 1. The van der Waals surface area contributed by atoms with Gasteiger partial charge in [-0.1, -0.05) is 12.1 Å². The van der Waals surface area contributed by atoms with E-state index in [1.54, 1.807) is 11.3 Å². The van der Waals surface area contributed by atoms with E-state index in [1.165, 1.54) is 0 Å². The van der Waals surface area contributed by atoms with Gasteiger partial charge >= 0.3 is 0 Å². The first-order chi connectivity index (χ1) is 9.61. The molecule has 1 amide bonds. The fourth-order valence-electron chi connectivity index (χ4n) is 2.11. The first-order valence-electron chi connectivity index (χ1n) is 6.37. The average Bonchev–Trinajstić information content (AvgIpc) is 2.77. The zero-order chi connectivity index (χ0) is 14.1. The molecule has 0 aliphatic heterocycles. The van der Waals surface area contributed by atoms with E-state index in [2.05, 4.69) is 10.3 Å². The Bertz CT molecular complexity index is 792. The van der Waals surface area contributed by atoms with Gasteiger partial charge in [-0.05, 0) is 49.7 Å². The molecule has 0 radical (unpaired) electrons. The predicted molar refractivity (Wildman–Crippen MR) is 83.5 cm³/mol. The SMILES string of the molecule is Cc1cccc(NC(=O)c2ccc3nc(C)sc3c2)c1. The van der Waals surface area contributed by atoms with Gasteiger partial charge in [0.25, 0.3) is 5.91 Å². The van der Waals surface area contributed by atoms with Crippen LogP contribution in [0.4, 0.5) is 5.69 Å². The monoisotopic (exact) mass is 282 g/mol. The third kappa shape index (κ3) is 2.56. The molecule has 0 aliphatic rings. The van der Waals surface area contributed by atoms with Gasteiger partial charge in [0, 0.05) is 11.3 Å². The van der Waals surface area contributed by atoms with Gasteiger partial charge in [-0.25, -0.2) is 4.98 Å². The van der Waals surface area contributed by atoms with Gasteiger partial charge in [0.05, 0.1) is 15.2 Å². The highest BCUT2D eigenvalue weighted by molar-refractivity contribution is 7.18. The zero-order valence-electron chi connectivity index (χ0n) is 11.3. The van der Waals surface area contributed by atoms with E-state index in [1.807, 2.05) is 56.3 Å². The minimum absolute atomic E-state index is 0.0939. The zero-order valence-corrected chi connectivity index (χ0v) is 12.1. The van der Waals surface area contributed by atoms with Crippen LogP contribution < -0.4 is 5.32 Å². The van der Waals surface area contributed by atoms with E-state index < -0.39 is 0 Å². The van der Waals surface area contributed by atoms with Gasteiger partial charge in [-0.3, -0.25) is 4.79 Å². The molecule has 100 valence electrons. The molecule has 0 bridgehead atoms. The van der Waals surface area contributed by atoms with E-state index in [0.29, 0.717) is 5.56 Å². The minimum Gasteiger partial charge on any atom is -0.322 e. The smallest absolute Gasteiger partial charge is 0.255 e. The highest BCUT2D eigenvalue weighted by atomic mass is 32.1. The number of hydrogen-bond acceptors (Lipinski definition) is 3. The number of carbonyl (C=O) groups is 1. The van der Waals surface area contributed by atoms with Crippen LogP contribution in [0.2, 0.25) is 0 Å². The molecule has 0 saturated heterocycles. The summed E-state index contributed by atoms with van der Waals surface area (Å²) in [6, 6.07) is 13.4. The van der Waals surface area contributed by atoms with E-state index in [0.717, 1.165) is 26.5 Å². The van der Waals surface area contributed by atoms with Crippen molar-refractivity contribution in [1.29, 1.82) is 0 Å². The topological polar surface area (TPSA) is 42.0 Å². The third-order valence-corrected chi connectivity index (χ3v) is 3.97. The summed E-state index contributed by atoms with van der Waals surface area (Å²) in [7, 11) is 0. The molecular weight excluding hydrogens is 268 g/mol. The number of rotatable bonds is 2. The molecule has 3 rings (SSSR count). The molecule has 2 aromatic carbocycles. The quantitative estimate of drug-likeness (QED) is 0.766. The number of aryl methyl sites for hydroxylation is 2. The number of hydrogen-bond donors (Lipinski definition) is 1. The first kappa shape index (κ1) is 12.8. The maximum absolute atomic E-state index is 12.2. The number of amides is 1. The van der Waals surface area contributed by atoms with Crippen molar-refractivity contribution in [2.75, 3.05) is 5.32 Å². The summed E-state index contributed by atoms with van der Waals surface area (Å²) in [5.74, 6) is -0.0939. The van der Waals surface area contributed by atoms with Crippen molar-refractivity contribution >= 4 is 33.1 Å². The Balaban J connectivity index is 1.88. The maximum atomic E-state index is 12.2. The first-order valence-corrected chi connectivity index (χ1v) is 7.19. The summed E-state index contributed by atoms with van der Waals surface area (Å²) in [5, 5.41) is 3.93. The molecule has 1 heterocycles. The van der Waals surface area contributed by atoms with Gasteiger partial charge < -0.3 is 5.32 Å². The Morgan fingerprint density at radius 1 is 1.15 bits per heavy atom. The predicted octanol–water partition coefficient (Wildman–Crippen LogP) is 4.17. The van der Waals surface area contributed by atoms with Gasteiger partial charge in [-0.15, -0.1) is 11.3 Å². The second kappa shape index (κ2) is 5.06. The molecule has 4 heteroatoms. The number of thiazole rings is 1. The fraction of sp³-hybridized carbons (Fsp3) is 0.125. The molecule has 0 fully saturated rings. The van der Waals surface area contributed by atoms with Crippen LogP contribution in [0, 0.1) is 13.8 Å². The van der Waals surface area contributed by atoms with E-state index in [4.69, 9.17) is 0 Å². The highest BCUT2D eigenvalue weighted by Crippen LogP contribution is 2.23. The lowest BCUT2D eigenvalue weighted by Gasteiger charge is -2.06. The van der Waals surface area contributed by atoms with Crippen LogP contribution in [-0.2, 0) is 0 Å². The molecular formula is C16H14N2OS. The normalized spacial score (nSPS) is 10.7. The van der Waals surface area contributed by atoms with Crippen LogP contribution in [0.1, 0.15) is 20.9 Å². The Hall–Kier alpha value is -2.20. The largest absolute Gasteiger partial charge is 0.322 e. The Labute approximate surface area is 121 Å². The van der Waals surface area contributed by atoms with Gasteiger partial charge in [-0.2, -0.15) is 0 Å². The van der Waals surface area contributed by atoms with Crippen molar-refractivity contribution in [1.82, 2.24) is 4.98 Å². The number of nitrogens with one attached hydrogen (secondary N) is 1. The number of fused-ring (bicyclic) bond motifs is 1. The summed E-state index contributed by atoms with van der Waals surface area (Å²) < 4.78 is 1.04. The Morgan fingerprint density at radius 3 is 2.80 bits per heavy atom. The maximum Gasteiger partial charge on any atom is 0.255 e. The number of anilines is 1. The summed E-state index contributed by atoms with van der Waals surface area (Å²) in [5.41, 5.74) is 3.54. The van der Waals surface area contributed by atoms with Crippen molar-refractivity contribution < 1.29 is 4.79 Å². The van der Waals surface area contributed by atoms with Crippen molar-refractivity contribution in [3.05, 3.63) is 58.6 Å². The number of benzene rings is 2. The van der Waals surface area contributed by atoms with Gasteiger partial charge in [0.1, 0.15) is 0 Å². The summed E-state index contributed by atoms with van der Waals surface area (Å²) in [4.78, 5) is 16.6. The Kier molecular flexibility index (Phi) is 3.24. The standard InChI is InChI=1S/C16H14N2OS/c1-10-4-3-5-13(8-10)18-16(19)12-6-7-14-15(9-12)20-11(2)17-14/h3-9H,1-2H3,(H,18,19). The second-order valence-corrected chi connectivity index (χ2v) is 5.97. The fourth-order valence-corrected chi connectivity index (χ4v) is 2.97. The Morgan fingerprint density at radius 2 is 2.00 bits per heavy atom. The minimum atomic E-state index is -0.0939. The van der Waals surface area contributed by atoms with Gasteiger partial charge in [0.2, 0.25) is 0 Å². The molecule has 0 spiro atoms. The van der Waals surface area contributed by atoms with Crippen molar-refractivity contribution in [3.63, 3.8) is 0 Å². The van der Waals surface area contributed by atoms with Crippen LogP contribution in [0.15, 0.2) is 42.5 Å². The van der Waals surface area contributed by atoms with Crippen LogP contribution in [0.25, 0.3) is 10.2 Å². The molecule has 0 unspecified atom stereocenters. The van der Waals surface area contributed by atoms with Crippen molar-refractivity contribution in [2.24, 2.45) is 0 Å². The van der Waals surface area contributed by atoms with Crippen LogP contribution >= 0.6 is 11.3 Å². The highest BCUT2D eigenvalue weighted by Gasteiger charge is 2.09. The van der Waals surface area contributed by atoms with E-state index in [9.17, 15) is 4.79 Å². The van der Waals surface area contributed by atoms with Crippen molar-refractivity contribution in [2.45, 2.75) is 13.8 Å². The number of aromatic nitrogens is 1. The molecule has 0 atom stereocenters. The van der Waals surface area contributed by atoms with Crippen molar-refractivity contribution in [3.8, 4) is 0 Å². The van der Waals surface area contributed by atoms with E-state index >= 15 is 0 Å². The summed E-state index contributed by atoms with van der Waals surface area (Å²) >= 11 is 1.60. The second-order valence-electron chi connectivity index (χ2n) is 4.74. The van der Waals surface area contributed by atoms with Gasteiger partial charge in [0.15, 0.2) is 0 Å². The molecule has 3 aromatic rings. The van der Waals surface area contributed by atoms with Crippen LogP contribution in [0.5, 0.6) is 0 Å². The lowest BCUT2D eigenvalue weighted by Crippen LogP contribution is -2.11. The molecule has 0 saturated carbocycles. The molecule has 3 nitrogen and oxygen atoms in total. The third-order valence-electron chi connectivity index (χ3n) is 3.03. The van der Waals surface area contributed by atoms with E-state index in [-0.39, 0.29) is 5.91 Å². The lowest BCUT2D eigenvalue weighted by atomic mass is 10.2. The lowest BCUT2D eigenvalue weighted by molar-refractivity contribution is 0.102. The van der Waals surface area contributed by atoms with Crippen LogP contribution in [0.3, 0.4) is 0 Å².